The summed E-state index contributed by atoms with van der Waals surface area (Å²) in [5, 5.41) is 6.69. The highest BCUT2D eigenvalue weighted by atomic mass is 16.5. The van der Waals surface area contributed by atoms with Crippen molar-refractivity contribution in [3.63, 3.8) is 0 Å². The normalized spacial score (nSPS) is 17.7. The molecule has 7 nitrogen and oxygen atoms in total. The molecule has 1 aliphatic heterocycles. The number of methoxy groups -OCH3 is 1. The number of likely N-dealkylation sites (N-methyl/N-ethyl adjacent to an activating group) is 1. The lowest BCUT2D eigenvalue weighted by molar-refractivity contribution is -0.126. The molecule has 1 atom stereocenters. The zero-order valence-corrected chi connectivity index (χ0v) is 13.3. The van der Waals surface area contributed by atoms with Crippen LogP contribution in [0.15, 0.2) is 28.8 Å². The Hall–Kier alpha value is -2.25. The second kappa shape index (κ2) is 6.89. The van der Waals surface area contributed by atoms with Gasteiger partial charge in [-0.2, -0.15) is 4.98 Å². The summed E-state index contributed by atoms with van der Waals surface area (Å²) in [7, 11) is 3.52. The van der Waals surface area contributed by atoms with Gasteiger partial charge in [0.05, 0.1) is 12.6 Å². The predicted octanol–water partition coefficient (Wildman–Crippen LogP) is 0.889. The Labute approximate surface area is 134 Å². The largest absolute Gasteiger partial charge is 0.375 e. The summed E-state index contributed by atoms with van der Waals surface area (Å²) in [4.78, 5) is 18.7. The molecule has 1 N–H and O–H groups in total. The van der Waals surface area contributed by atoms with Gasteiger partial charge in [0.1, 0.15) is 6.61 Å². The Morgan fingerprint density at radius 1 is 1.43 bits per heavy atom. The van der Waals surface area contributed by atoms with Gasteiger partial charge in [-0.05, 0) is 24.6 Å². The van der Waals surface area contributed by atoms with E-state index in [1.54, 1.807) is 7.11 Å². The van der Waals surface area contributed by atoms with Crippen molar-refractivity contribution < 1.29 is 14.1 Å². The fourth-order valence-electron chi connectivity index (χ4n) is 2.77. The molecule has 0 bridgehead atoms. The van der Waals surface area contributed by atoms with Gasteiger partial charge in [0.15, 0.2) is 5.82 Å². The molecule has 0 saturated heterocycles. The van der Waals surface area contributed by atoms with Gasteiger partial charge in [0.25, 0.3) is 5.89 Å². The van der Waals surface area contributed by atoms with E-state index in [-0.39, 0.29) is 25.1 Å². The molecular weight excluding hydrogens is 296 g/mol. The number of benzene rings is 1. The number of ether oxygens (including phenoxy) is 1. The van der Waals surface area contributed by atoms with Crippen molar-refractivity contribution >= 4 is 5.91 Å². The number of fused-ring (bicyclic) bond motifs is 1. The molecule has 2 heterocycles. The smallest absolute Gasteiger partial charge is 0.252 e. The van der Waals surface area contributed by atoms with Crippen molar-refractivity contribution in [2.75, 3.05) is 14.2 Å². The first-order valence-electron chi connectivity index (χ1n) is 7.52. The molecule has 2 aromatic rings. The quantitative estimate of drug-likeness (QED) is 0.882. The van der Waals surface area contributed by atoms with Crippen molar-refractivity contribution in [1.29, 1.82) is 0 Å². The third-order valence-electron chi connectivity index (χ3n) is 3.98. The zero-order chi connectivity index (χ0) is 16.2. The molecule has 1 amide bonds. The summed E-state index contributed by atoms with van der Waals surface area (Å²) < 4.78 is 9.92. The highest BCUT2D eigenvalue weighted by Crippen LogP contribution is 2.21. The van der Waals surface area contributed by atoms with E-state index in [0.717, 1.165) is 6.54 Å². The molecule has 0 spiro atoms. The van der Waals surface area contributed by atoms with E-state index >= 15 is 0 Å². The van der Waals surface area contributed by atoms with E-state index in [1.165, 1.54) is 11.1 Å². The number of hydrogen-bond acceptors (Lipinski definition) is 6. The first kappa shape index (κ1) is 15.6. The Bertz CT molecular complexity index is 685. The fourth-order valence-corrected chi connectivity index (χ4v) is 2.77. The third kappa shape index (κ3) is 3.57. The van der Waals surface area contributed by atoms with Crippen LogP contribution in [0.4, 0.5) is 0 Å². The lowest BCUT2D eigenvalue weighted by Crippen LogP contribution is -2.48. The van der Waals surface area contributed by atoms with Gasteiger partial charge in [-0.15, -0.1) is 0 Å². The highest BCUT2D eigenvalue weighted by molar-refractivity contribution is 5.82. The molecule has 0 fully saturated rings. The van der Waals surface area contributed by atoms with E-state index in [9.17, 15) is 4.79 Å². The molecule has 0 radical (unpaired) electrons. The molecule has 0 saturated carbocycles. The third-order valence-corrected chi connectivity index (χ3v) is 3.98. The van der Waals surface area contributed by atoms with Crippen molar-refractivity contribution in [3.8, 4) is 0 Å². The predicted molar refractivity (Wildman–Crippen MR) is 82.3 cm³/mol. The van der Waals surface area contributed by atoms with Gasteiger partial charge in [-0.3, -0.25) is 9.69 Å². The van der Waals surface area contributed by atoms with Gasteiger partial charge in [0, 0.05) is 13.7 Å². The lowest BCUT2D eigenvalue weighted by atomic mass is 9.94. The average Bonchev–Trinajstić information content (AvgIpc) is 3.00. The van der Waals surface area contributed by atoms with E-state index < -0.39 is 0 Å². The molecule has 1 unspecified atom stereocenters. The van der Waals surface area contributed by atoms with Crippen molar-refractivity contribution in [2.45, 2.75) is 32.2 Å². The van der Waals surface area contributed by atoms with Gasteiger partial charge in [-0.1, -0.05) is 29.4 Å². The maximum absolute atomic E-state index is 12.5. The van der Waals surface area contributed by atoms with Crippen LogP contribution in [0.1, 0.15) is 22.8 Å². The summed E-state index contributed by atoms with van der Waals surface area (Å²) >= 11 is 0. The van der Waals surface area contributed by atoms with Gasteiger partial charge >= 0.3 is 0 Å². The molecule has 122 valence electrons. The molecule has 1 aromatic heterocycles. The fraction of sp³-hybridized carbons (Fsp3) is 0.438. The van der Waals surface area contributed by atoms with Crippen LogP contribution in [0.5, 0.6) is 0 Å². The van der Waals surface area contributed by atoms with E-state index in [2.05, 4.69) is 32.5 Å². The van der Waals surface area contributed by atoms with Gasteiger partial charge in [-0.25, -0.2) is 0 Å². The molecule has 3 rings (SSSR count). The molecule has 7 heteroatoms. The van der Waals surface area contributed by atoms with E-state index in [1.807, 2.05) is 19.2 Å². The number of rotatable bonds is 5. The van der Waals surface area contributed by atoms with E-state index in [0.29, 0.717) is 18.1 Å². The second-order valence-corrected chi connectivity index (χ2v) is 5.66. The maximum Gasteiger partial charge on any atom is 0.252 e. The Morgan fingerprint density at radius 3 is 3.00 bits per heavy atom. The summed E-state index contributed by atoms with van der Waals surface area (Å²) in [5.74, 6) is 0.824. The first-order chi connectivity index (χ1) is 11.2. The summed E-state index contributed by atoms with van der Waals surface area (Å²) in [6.45, 7) is 1.29. The topological polar surface area (TPSA) is 80.5 Å². The van der Waals surface area contributed by atoms with Crippen molar-refractivity contribution in [2.24, 2.45) is 0 Å². The number of carbonyl (C=O) groups is 1. The molecule has 1 aliphatic rings. The van der Waals surface area contributed by atoms with Crippen LogP contribution in [0.3, 0.4) is 0 Å². The molecular formula is C16H20N4O3. The first-order valence-corrected chi connectivity index (χ1v) is 7.52. The second-order valence-electron chi connectivity index (χ2n) is 5.66. The Balaban J connectivity index is 1.59. The maximum atomic E-state index is 12.5. The average molecular weight is 316 g/mol. The minimum absolute atomic E-state index is 0.0277. The van der Waals surface area contributed by atoms with Crippen LogP contribution < -0.4 is 5.32 Å². The molecule has 0 aliphatic carbocycles. The number of hydrogen-bond donors (Lipinski definition) is 1. The number of carbonyl (C=O) groups excluding carboxylic acids is 1. The van der Waals surface area contributed by atoms with Crippen molar-refractivity contribution in [3.05, 3.63) is 47.1 Å². The summed E-state index contributed by atoms with van der Waals surface area (Å²) in [5.41, 5.74) is 2.51. The number of nitrogens with zero attached hydrogens (tertiary/aromatic N) is 3. The standard InChI is InChI=1S/C16H20N4O3/c1-20-9-12-6-4-3-5-11(12)7-13(20)16(21)17-8-14-18-15(10-22-2)23-19-14/h3-6,13H,7-10H2,1-2H3,(H,17,21). The van der Waals surface area contributed by atoms with Crippen LogP contribution in [0, 0.1) is 0 Å². The van der Waals surface area contributed by atoms with E-state index in [4.69, 9.17) is 9.26 Å². The van der Waals surface area contributed by atoms with Crippen LogP contribution >= 0.6 is 0 Å². The minimum atomic E-state index is -0.185. The van der Waals surface area contributed by atoms with Gasteiger partial charge < -0.3 is 14.6 Å². The lowest BCUT2D eigenvalue weighted by Gasteiger charge is -2.32. The summed E-state index contributed by atoms with van der Waals surface area (Å²) in [6, 6.07) is 8.04. The Kier molecular flexibility index (Phi) is 4.68. The number of nitrogens with one attached hydrogen (secondary N) is 1. The number of amides is 1. The minimum Gasteiger partial charge on any atom is -0.375 e. The van der Waals surface area contributed by atoms with Gasteiger partial charge in [0.2, 0.25) is 5.91 Å². The van der Waals surface area contributed by atoms with Crippen molar-refractivity contribution in [1.82, 2.24) is 20.4 Å². The summed E-state index contributed by atoms with van der Waals surface area (Å²) in [6.07, 6.45) is 0.708. The SMILES string of the molecule is COCc1nc(CNC(=O)C2Cc3ccccc3CN2C)no1. The highest BCUT2D eigenvalue weighted by Gasteiger charge is 2.28. The monoisotopic (exact) mass is 316 g/mol. The molecule has 23 heavy (non-hydrogen) atoms. The Morgan fingerprint density at radius 2 is 2.22 bits per heavy atom. The van der Waals surface area contributed by atoms with Crippen LogP contribution in [0.2, 0.25) is 0 Å². The van der Waals surface area contributed by atoms with Crippen LogP contribution in [-0.2, 0) is 35.6 Å². The van der Waals surface area contributed by atoms with Crippen LogP contribution in [0.25, 0.3) is 0 Å². The zero-order valence-electron chi connectivity index (χ0n) is 13.3. The number of aromatic nitrogens is 2. The molecule has 1 aromatic carbocycles. The van der Waals surface area contributed by atoms with Crippen LogP contribution in [-0.4, -0.2) is 41.1 Å².